The van der Waals surface area contributed by atoms with Gasteiger partial charge in [-0.05, 0) is 55.8 Å². The van der Waals surface area contributed by atoms with Gasteiger partial charge in [0.2, 0.25) is 0 Å². The van der Waals surface area contributed by atoms with E-state index in [1.165, 1.54) is 24.9 Å². The molecule has 1 aromatic carbocycles. The summed E-state index contributed by atoms with van der Waals surface area (Å²) in [6.07, 6.45) is 7.50. The zero-order valence-electron chi connectivity index (χ0n) is 14.9. The van der Waals surface area contributed by atoms with Crippen molar-refractivity contribution in [3.8, 4) is 11.1 Å². The van der Waals surface area contributed by atoms with Crippen LogP contribution in [0.3, 0.4) is 0 Å². The zero-order chi connectivity index (χ0) is 19.8. The number of pyridine rings is 1. The van der Waals surface area contributed by atoms with Crippen LogP contribution in [0.1, 0.15) is 24.4 Å². The first-order valence-corrected chi connectivity index (χ1v) is 8.79. The van der Waals surface area contributed by atoms with Crippen molar-refractivity contribution >= 4 is 23.5 Å². The number of carboxylic acid groups (broad SMARTS) is 2. The van der Waals surface area contributed by atoms with E-state index in [1.807, 2.05) is 30.6 Å². The van der Waals surface area contributed by atoms with E-state index in [0.717, 1.165) is 16.1 Å². The zero-order valence-corrected chi connectivity index (χ0v) is 15.6. The van der Waals surface area contributed by atoms with Gasteiger partial charge in [-0.3, -0.25) is 9.88 Å². The molecule has 1 atom stereocenters. The Morgan fingerprint density at radius 1 is 1.15 bits per heavy atom. The van der Waals surface area contributed by atoms with Gasteiger partial charge in [-0.2, -0.15) is 0 Å². The molecular formula is C20H21ClN2O4. The molecule has 1 saturated heterocycles. The molecule has 142 valence electrons. The van der Waals surface area contributed by atoms with Crippen LogP contribution in [0, 0.1) is 0 Å². The summed E-state index contributed by atoms with van der Waals surface area (Å²) in [5, 5.41) is 16.4. The van der Waals surface area contributed by atoms with Crippen molar-refractivity contribution in [2.45, 2.75) is 18.9 Å². The molecular weight excluding hydrogens is 368 g/mol. The van der Waals surface area contributed by atoms with Crippen LogP contribution in [0.2, 0.25) is 5.02 Å². The van der Waals surface area contributed by atoms with Crippen LogP contribution in [0.25, 0.3) is 11.1 Å². The number of aliphatic carboxylic acids is 2. The van der Waals surface area contributed by atoms with Crippen molar-refractivity contribution < 1.29 is 19.8 Å². The highest BCUT2D eigenvalue weighted by Crippen LogP contribution is 2.32. The van der Waals surface area contributed by atoms with Crippen molar-refractivity contribution in [2.24, 2.45) is 0 Å². The molecule has 0 radical (unpaired) electrons. The van der Waals surface area contributed by atoms with Crippen LogP contribution in [0.5, 0.6) is 0 Å². The summed E-state index contributed by atoms with van der Waals surface area (Å²) in [7, 11) is 2.18. The molecule has 1 aliphatic rings. The Bertz CT molecular complexity index is 822. The Morgan fingerprint density at radius 3 is 2.41 bits per heavy atom. The molecule has 1 aromatic heterocycles. The molecule has 2 N–H and O–H groups in total. The molecule has 1 unspecified atom stereocenters. The summed E-state index contributed by atoms with van der Waals surface area (Å²) >= 11 is 6.06. The van der Waals surface area contributed by atoms with Crippen LogP contribution in [0.15, 0.2) is 54.9 Å². The maximum Gasteiger partial charge on any atom is 0.328 e. The highest BCUT2D eigenvalue weighted by Gasteiger charge is 2.22. The van der Waals surface area contributed by atoms with Crippen molar-refractivity contribution in [3.63, 3.8) is 0 Å². The van der Waals surface area contributed by atoms with Gasteiger partial charge in [-0.1, -0.05) is 23.7 Å². The lowest BCUT2D eigenvalue weighted by molar-refractivity contribution is -0.134. The molecule has 2 heterocycles. The van der Waals surface area contributed by atoms with Crippen molar-refractivity contribution in [3.05, 3.63) is 65.5 Å². The Hall–Kier alpha value is -2.70. The number of likely N-dealkylation sites (tertiary alicyclic amines) is 1. The minimum atomic E-state index is -1.26. The van der Waals surface area contributed by atoms with Crippen LogP contribution in [0.4, 0.5) is 0 Å². The van der Waals surface area contributed by atoms with E-state index in [-0.39, 0.29) is 0 Å². The third kappa shape index (κ3) is 6.51. The number of nitrogens with zero attached hydrogens (tertiary/aromatic N) is 2. The van der Waals surface area contributed by atoms with E-state index >= 15 is 0 Å². The number of hydrogen-bond donors (Lipinski definition) is 2. The summed E-state index contributed by atoms with van der Waals surface area (Å²) < 4.78 is 0. The molecule has 0 aliphatic carbocycles. The Balaban J connectivity index is 0.000000279. The monoisotopic (exact) mass is 388 g/mol. The number of halogens is 1. The number of carbonyl (C=O) groups is 2. The fraction of sp³-hybridized carbons (Fsp3) is 0.250. The van der Waals surface area contributed by atoms with Gasteiger partial charge in [0.15, 0.2) is 0 Å². The van der Waals surface area contributed by atoms with E-state index in [0.29, 0.717) is 18.2 Å². The number of hydrogen-bond acceptors (Lipinski definition) is 4. The van der Waals surface area contributed by atoms with Gasteiger partial charge in [0.05, 0.1) is 0 Å². The average molecular weight is 389 g/mol. The lowest BCUT2D eigenvalue weighted by Crippen LogP contribution is -2.17. The minimum absolute atomic E-state index is 0.506. The standard InChI is InChI=1S/C16H17ClN2.C4H4O4/c1-19-7-3-6-16(19)14-8-13(10-18-11-14)12-4-2-5-15(17)9-12;5-3(6)1-2-4(7)8/h2,4-5,8-11,16H,3,6-7H2,1H3;1-2H,(H,5,6)(H,7,8). The maximum absolute atomic E-state index is 9.55. The topological polar surface area (TPSA) is 90.7 Å². The molecule has 3 rings (SSSR count). The van der Waals surface area contributed by atoms with Gasteiger partial charge >= 0.3 is 11.9 Å². The SMILES string of the molecule is CN1CCCC1c1cncc(-c2cccc(Cl)c2)c1.O=C(O)C=CC(=O)O. The molecule has 0 spiro atoms. The molecule has 6 nitrogen and oxygen atoms in total. The first-order valence-electron chi connectivity index (χ1n) is 8.42. The number of benzene rings is 1. The highest BCUT2D eigenvalue weighted by molar-refractivity contribution is 6.30. The predicted octanol–water partition coefficient (Wildman–Crippen LogP) is 3.88. The smallest absolute Gasteiger partial charge is 0.328 e. The second-order valence-electron chi connectivity index (χ2n) is 6.17. The van der Waals surface area contributed by atoms with E-state index < -0.39 is 11.9 Å². The highest BCUT2D eigenvalue weighted by atomic mass is 35.5. The third-order valence-corrected chi connectivity index (χ3v) is 4.43. The minimum Gasteiger partial charge on any atom is -0.478 e. The maximum atomic E-state index is 9.55. The fourth-order valence-electron chi connectivity index (χ4n) is 2.94. The largest absolute Gasteiger partial charge is 0.478 e. The lowest BCUT2D eigenvalue weighted by Gasteiger charge is -2.19. The quantitative estimate of drug-likeness (QED) is 0.772. The summed E-state index contributed by atoms with van der Waals surface area (Å²) in [6, 6.07) is 10.7. The second kappa shape index (κ2) is 9.85. The lowest BCUT2D eigenvalue weighted by atomic mass is 10.0. The van der Waals surface area contributed by atoms with Gasteiger partial charge < -0.3 is 10.2 Å². The molecule has 7 heteroatoms. The van der Waals surface area contributed by atoms with Crippen LogP contribution >= 0.6 is 11.6 Å². The van der Waals surface area contributed by atoms with Crippen molar-refractivity contribution in [1.29, 1.82) is 0 Å². The number of aromatic nitrogens is 1. The third-order valence-electron chi connectivity index (χ3n) is 4.19. The normalized spacial score (nSPS) is 16.7. The molecule has 2 aromatic rings. The van der Waals surface area contributed by atoms with Gasteiger partial charge in [0.25, 0.3) is 0 Å². The summed E-state index contributed by atoms with van der Waals surface area (Å²) in [5.41, 5.74) is 3.57. The van der Waals surface area contributed by atoms with Crippen molar-refractivity contribution in [2.75, 3.05) is 13.6 Å². The predicted molar refractivity (Wildman–Crippen MR) is 104 cm³/mol. The summed E-state index contributed by atoms with van der Waals surface area (Å²) in [4.78, 5) is 25.9. The Morgan fingerprint density at radius 2 is 1.85 bits per heavy atom. The fourth-order valence-corrected chi connectivity index (χ4v) is 3.13. The van der Waals surface area contributed by atoms with Crippen LogP contribution in [-0.2, 0) is 9.59 Å². The molecule has 0 saturated carbocycles. The summed E-state index contributed by atoms with van der Waals surface area (Å²) in [6.45, 7) is 1.17. The molecule has 0 amide bonds. The molecule has 27 heavy (non-hydrogen) atoms. The van der Waals surface area contributed by atoms with Crippen LogP contribution in [-0.4, -0.2) is 45.6 Å². The molecule has 1 aliphatic heterocycles. The summed E-state index contributed by atoms with van der Waals surface area (Å²) in [5.74, 6) is -2.51. The first kappa shape index (κ1) is 20.6. The van der Waals surface area contributed by atoms with E-state index in [1.54, 1.807) is 0 Å². The van der Waals surface area contributed by atoms with Gasteiger partial charge in [-0.25, -0.2) is 9.59 Å². The first-order chi connectivity index (χ1) is 12.9. The van der Waals surface area contributed by atoms with Gasteiger partial charge in [-0.15, -0.1) is 0 Å². The van der Waals surface area contributed by atoms with Gasteiger partial charge in [0, 0.05) is 41.2 Å². The van der Waals surface area contributed by atoms with E-state index in [4.69, 9.17) is 21.8 Å². The second-order valence-corrected chi connectivity index (χ2v) is 6.60. The van der Waals surface area contributed by atoms with Gasteiger partial charge in [0.1, 0.15) is 0 Å². The molecule has 0 bridgehead atoms. The van der Waals surface area contributed by atoms with E-state index in [2.05, 4.69) is 29.1 Å². The van der Waals surface area contributed by atoms with Crippen LogP contribution < -0.4 is 0 Å². The Kier molecular flexibility index (Phi) is 7.52. The number of carboxylic acids is 2. The molecule has 1 fully saturated rings. The van der Waals surface area contributed by atoms with Crippen molar-refractivity contribution in [1.82, 2.24) is 9.88 Å². The Labute approximate surface area is 162 Å². The number of rotatable bonds is 4. The van der Waals surface area contributed by atoms with E-state index in [9.17, 15) is 9.59 Å². The average Bonchev–Trinajstić information content (AvgIpc) is 3.07.